The van der Waals surface area contributed by atoms with Crippen LogP contribution in [0.1, 0.15) is 131 Å². The van der Waals surface area contributed by atoms with Crippen molar-refractivity contribution in [1.29, 1.82) is 0 Å². The number of nitrogens with zero attached hydrogens (tertiary/aromatic N) is 1. The molecular formula is C44H72N2O3S. The van der Waals surface area contributed by atoms with Gasteiger partial charge in [0.15, 0.2) is 0 Å². The standard InChI is InChI=1S/C44H72N2O3S/c1-30(2)34-15-19-44(45-22-23-46-24-26-50(8,49)27-25-46)21-20-42(6)35(38(34)44)12-13-37-41(5)17-14-33(29-31-10-9-11-32(28-31)39(47)48)40(3,4)36(41)16-18-43(37,42)7/h14,31-32,34-38,45H,1,8-13,15-29H2,2-7H3,(H,47,48)/t31?,32?,34-,35+,36-,37+,38+,41-,42+,43+,44-/m0/s1. The second kappa shape index (κ2) is 13.0. The first-order valence-corrected chi connectivity index (χ1v) is 22.9. The van der Waals surface area contributed by atoms with Crippen molar-refractivity contribution in [3.8, 4) is 0 Å². The molecule has 7 rings (SSSR count). The monoisotopic (exact) mass is 709 g/mol. The first-order chi connectivity index (χ1) is 23.5. The maximum absolute atomic E-state index is 12.5. The number of aliphatic carboxylic acids is 1. The van der Waals surface area contributed by atoms with Crippen LogP contribution in [0.5, 0.6) is 0 Å². The van der Waals surface area contributed by atoms with Crippen LogP contribution >= 0.6 is 0 Å². The second-order valence-corrected chi connectivity index (χ2v) is 23.2. The average molecular weight is 709 g/mol. The normalized spacial score (nSPS) is 46.8. The predicted molar refractivity (Wildman–Crippen MR) is 210 cm³/mol. The lowest BCUT2D eigenvalue weighted by Crippen LogP contribution is -2.68. The van der Waals surface area contributed by atoms with Crippen LogP contribution in [0.25, 0.3) is 0 Å². The van der Waals surface area contributed by atoms with Gasteiger partial charge in [0.25, 0.3) is 0 Å². The van der Waals surface area contributed by atoms with E-state index in [1.54, 1.807) is 5.57 Å². The summed E-state index contributed by atoms with van der Waals surface area (Å²) in [4.78, 5) is 14.4. The fraction of sp³-hybridized carbons (Fsp3) is 0.864. The first kappa shape index (κ1) is 37.2. The van der Waals surface area contributed by atoms with E-state index in [1.807, 2.05) is 0 Å². The molecule has 2 N–H and O–H groups in total. The van der Waals surface area contributed by atoms with Gasteiger partial charge in [0.1, 0.15) is 0 Å². The van der Waals surface area contributed by atoms with Gasteiger partial charge in [0.2, 0.25) is 0 Å². The molecule has 6 heteroatoms. The highest BCUT2D eigenvalue weighted by atomic mass is 32.2. The van der Waals surface area contributed by atoms with E-state index in [0.29, 0.717) is 39.9 Å². The highest BCUT2D eigenvalue weighted by Gasteiger charge is 2.70. The Morgan fingerprint density at radius 1 is 0.960 bits per heavy atom. The Kier molecular flexibility index (Phi) is 9.70. The zero-order valence-corrected chi connectivity index (χ0v) is 33.6. The van der Waals surface area contributed by atoms with Crippen molar-refractivity contribution in [3.05, 3.63) is 23.8 Å². The van der Waals surface area contributed by atoms with Gasteiger partial charge in [-0.25, -0.2) is 0 Å². The third-order valence-corrected chi connectivity index (χ3v) is 19.8. The summed E-state index contributed by atoms with van der Waals surface area (Å²) in [6.45, 7) is 24.2. The van der Waals surface area contributed by atoms with Gasteiger partial charge in [0.05, 0.1) is 5.92 Å². The van der Waals surface area contributed by atoms with Crippen molar-refractivity contribution in [3.63, 3.8) is 0 Å². The topological polar surface area (TPSA) is 69.6 Å². The van der Waals surface area contributed by atoms with Crippen molar-refractivity contribution in [2.75, 3.05) is 37.7 Å². The fourth-order valence-electron chi connectivity index (χ4n) is 15.0. The molecule has 1 saturated heterocycles. The molecule has 282 valence electrons. The summed E-state index contributed by atoms with van der Waals surface area (Å²) < 4.78 is 12.5. The number of allylic oxidation sites excluding steroid dienone is 3. The number of carbonyl (C=O) groups is 1. The summed E-state index contributed by atoms with van der Waals surface area (Å²) in [6.07, 6.45) is 19.6. The Morgan fingerprint density at radius 2 is 1.70 bits per heavy atom. The van der Waals surface area contributed by atoms with Crippen molar-refractivity contribution >= 4 is 21.4 Å². The van der Waals surface area contributed by atoms with E-state index in [2.05, 4.69) is 70.3 Å². The highest BCUT2D eigenvalue weighted by Crippen LogP contribution is 2.76. The zero-order chi connectivity index (χ0) is 35.9. The van der Waals surface area contributed by atoms with E-state index in [4.69, 9.17) is 0 Å². The van der Waals surface area contributed by atoms with E-state index < -0.39 is 15.5 Å². The van der Waals surface area contributed by atoms with Gasteiger partial charge in [0, 0.05) is 43.2 Å². The van der Waals surface area contributed by atoms with Gasteiger partial charge in [-0.15, -0.1) is 0 Å². The molecule has 5 nitrogen and oxygen atoms in total. The van der Waals surface area contributed by atoms with Crippen molar-refractivity contribution < 1.29 is 14.1 Å². The quantitative estimate of drug-likeness (QED) is 0.195. The smallest absolute Gasteiger partial charge is 0.306 e. The molecule has 7 aliphatic rings. The van der Waals surface area contributed by atoms with E-state index >= 15 is 0 Å². The first-order valence-electron chi connectivity index (χ1n) is 20.8. The van der Waals surface area contributed by atoms with Gasteiger partial charge in [-0.05, 0) is 157 Å². The maximum atomic E-state index is 12.5. The molecule has 5 saturated carbocycles. The summed E-state index contributed by atoms with van der Waals surface area (Å²) >= 11 is 0. The molecular weight excluding hydrogens is 637 g/mol. The number of carboxylic acids is 1. The van der Waals surface area contributed by atoms with E-state index in [-0.39, 0.29) is 16.9 Å². The number of hydrogen-bond acceptors (Lipinski definition) is 4. The van der Waals surface area contributed by atoms with Crippen LogP contribution in [0.2, 0.25) is 0 Å². The molecule has 0 spiro atoms. The van der Waals surface area contributed by atoms with Crippen molar-refractivity contribution in [2.24, 2.45) is 63.1 Å². The minimum absolute atomic E-state index is 0.142. The molecule has 50 heavy (non-hydrogen) atoms. The van der Waals surface area contributed by atoms with Crippen molar-refractivity contribution in [1.82, 2.24) is 10.2 Å². The van der Waals surface area contributed by atoms with E-state index in [0.717, 1.165) is 75.2 Å². The largest absolute Gasteiger partial charge is 0.481 e. The number of nitrogens with one attached hydrogen (secondary N) is 1. The number of carboxylic acid groups (broad SMARTS) is 1. The van der Waals surface area contributed by atoms with Gasteiger partial charge >= 0.3 is 5.97 Å². The predicted octanol–water partition coefficient (Wildman–Crippen LogP) is 8.84. The zero-order valence-electron chi connectivity index (χ0n) is 32.8. The van der Waals surface area contributed by atoms with Crippen LogP contribution < -0.4 is 5.32 Å². The minimum Gasteiger partial charge on any atom is -0.481 e. The Balaban J connectivity index is 1.11. The average Bonchev–Trinajstić information content (AvgIpc) is 3.44. The molecule has 0 radical (unpaired) electrons. The lowest BCUT2D eigenvalue weighted by atomic mass is 9.33. The molecule has 0 bridgehead atoms. The van der Waals surface area contributed by atoms with Crippen LogP contribution in [-0.4, -0.2) is 69.3 Å². The molecule has 2 unspecified atom stereocenters. The molecule has 0 aromatic carbocycles. The Bertz CT molecular complexity index is 1470. The lowest BCUT2D eigenvalue weighted by Gasteiger charge is -2.72. The highest BCUT2D eigenvalue weighted by molar-refractivity contribution is 8.00. The van der Waals surface area contributed by atoms with Gasteiger partial charge < -0.3 is 15.3 Å². The summed E-state index contributed by atoms with van der Waals surface area (Å²) in [5.41, 5.74) is 4.43. The SMILES string of the molecule is C=C(C)[C@@H]1CC[C@]2(NCCN3CCS(=C)(=O)CC3)CC[C@]3(C)[C@H](CC[C@@H]4[C@@]5(C)CC=C(CC6CCCC(C(=O)O)C6)C(C)(C)[C@@H]5CC[C@]43C)[C@@H]12. The third-order valence-electron chi connectivity index (χ3n) is 17.9. The molecule has 0 aromatic rings. The number of fused-ring (bicyclic) bond motifs is 7. The number of hydrogen-bond donors (Lipinski definition) is 2. The summed E-state index contributed by atoms with van der Waals surface area (Å²) in [7, 11) is -1.85. The van der Waals surface area contributed by atoms with E-state index in [1.165, 1.54) is 69.8 Å². The molecule has 11 atom stereocenters. The van der Waals surface area contributed by atoms with Crippen LogP contribution in [-0.2, 0) is 14.3 Å². The summed E-state index contributed by atoms with van der Waals surface area (Å²) in [5.74, 6) is 8.74. The third kappa shape index (κ3) is 5.94. The summed E-state index contributed by atoms with van der Waals surface area (Å²) in [5, 5.41) is 14.0. The van der Waals surface area contributed by atoms with Crippen molar-refractivity contribution in [2.45, 2.75) is 137 Å². The second-order valence-electron chi connectivity index (χ2n) is 20.4. The van der Waals surface area contributed by atoms with Gasteiger partial charge in [-0.3, -0.25) is 9.00 Å². The maximum Gasteiger partial charge on any atom is 0.306 e. The van der Waals surface area contributed by atoms with E-state index in [9.17, 15) is 14.1 Å². The fourth-order valence-corrected chi connectivity index (χ4v) is 16.4. The van der Waals surface area contributed by atoms with Crippen LogP contribution in [0.4, 0.5) is 0 Å². The molecule has 1 aliphatic heterocycles. The number of rotatable bonds is 8. The molecule has 0 amide bonds. The lowest BCUT2D eigenvalue weighted by molar-refractivity contribution is -0.221. The molecule has 0 aromatic heterocycles. The molecule has 6 fully saturated rings. The Labute approximate surface area is 306 Å². The van der Waals surface area contributed by atoms with Crippen LogP contribution in [0, 0.1) is 63.1 Å². The minimum atomic E-state index is -1.85. The van der Waals surface area contributed by atoms with Crippen LogP contribution in [0.15, 0.2) is 23.8 Å². The molecule has 6 aliphatic carbocycles. The Hall–Kier alpha value is -1.11. The summed E-state index contributed by atoms with van der Waals surface area (Å²) in [6, 6.07) is 0. The van der Waals surface area contributed by atoms with Gasteiger partial charge in [-0.2, -0.15) is 0 Å². The van der Waals surface area contributed by atoms with Crippen LogP contribution in [0.3, 0.4) is 0 Å². The van der Waals surface area contributed by atoms with Gasteiger partial charge in [-0.1, -0.05) is 71.3 Å². The Morgan fingerprint density at radius 3 is 2.40 bits per heavy atom. The molecule has 1 heterocycles.